The number of rotatable bonds is 2. The van der Waals surface area contributed by atoms with Gasteiger partial charge in [0.1, 0.15) is 11.6 Å². The van der Waals surface area contributed by atoms with Gasteiger partial charge in [0.15, 0.2) is 0 Å². The van der Waals surface area contributed by atoms with Crippen molar-refractivity contribution in [2.45, 2.75) is 20.3 Å². The number of nitrogens with zero attached hydrogens (tertiary/aromatic N) is 1. The number of anilines is 1. The van der Waals surface area contributed by atoms with Crippen LogP contribution in [0.3, 0.4) is 0 Å². The van der Waals surface area contributed by atoms with Crippen molar-refractivity contribution in [3.8, 4) is 11.1 Å². The lowest BCUT2D eigenvalue weighted by molar-refractivity contribution is 0.627. The molecule has 0 atom stereocenters. The van der Waals surface area contributed by atoms with Crippen LogP contribution in [-0.2, 0) is 6.42 Å². The summed E-state index contributed by atoms with van der Waals surface area (Å²) < 4.78 is 13.1. The SMILES string of the molecule is CCc1nc(N)ccc1-c1ccc(F)cc1C. The fourth-order valence-electron chi connectivity index (χ4n) is 1.96. The molecule has 2 N–H and O–H groups in total. The lowest BCUT2D eigenvalue weighted by atomic mass is 9.98. The molecule has 1 heterocycles. The molecule has 0 aliphatic rings. The van der Waals surface area contributed by atoms with Crippen molar-refractivity contribution in [1.29, 1.82) is 0 Å². The van der Waals surface area contributed by atoms with E-state index in [4.69, 9.17) is 5.73 Å². The Hall–Kier alpha value is -1.90. The normalized spacial score (nSPS) is 10.5. The van der Waals surface area contributed by atoms with E-state index in [1.165, 1.54) is 12.1 Å². The summed E-state index contributed by atoms with van der Waals surface area (Å²) in [5, 5.41) is 0. The van der Waals surface area contributed by atoms with Gasteiger partial charge in [0.25, 0.3) is 0 Å². The molecular formula is C14H15FN2. The van der Waals surface area contributed by atoms with E-state index in [2.05, 4.69) is 4.98 Å². The molecule has 0 aliphatic carbocycles. The van der Waals surface area contributed by atoms with Crippen LogP contribution in [0.15, 0.2) is 30.3 Å². The minimum atomic E-state index is -0.215. The van der Waals surface area contributed by atoms with Crippen LogP contribution in [0.2, 0.25) is 0 Å². The fraction of sp³-hybridized carbons (Fsp3) is 0.214. The van der Waals surface area contributed by atoms with Gasteiger partial charge in [-0.05, 0) is 48.7 Å². The molecule has 0 fully saturated rings. The summed E-state index contributed by atoms with van der Waals surface area (Å²) in [6.07, 6.45) is 0.803. The summed E-state index contributed by atoms with van der Waals surface area (Å²) in [7, 11) is 0. The first-order valence-corrected chi connectivity index (χ1v) is 5.63. The number of benzene rings is 1. The number of nitrogens with two attached hydrogens (primary N) is 1. The Morgan fingerprint density at radius 1 is 1.18 bits per heavy atom. The molecule has 0 radical (unpaired) electrons. The van der Waals surface area contributed by atoms with E-state index < -0.39 is 0 Å². The van der Waals surface area contributed by atoms with Gasteiger partial charge in [-0.25, -0.2) is 9.37 Å². The number of aryl methyl sites for hydroxylation is 2. The molecule has 1 aromatic carbocycles. The summed E-state index contributed by atoms with van der Waals surface area (Å²) in [6.45, 7) is 3.93. The van der Waals surface area contributed by atoms with Gasteiger partial charge in [-0.15, -0.1) is 0 Å². The largest absolute Gasteiger partial charge is 0.384 e. The maximum atomic E-state index is 13.1. The average Bonchev–Trinajstić information content (AvgIpc) is 2.30. The third-order valence-corrected chi connectivity index (χ3v) is 2.81. The van der Waals surface area contributed by atoms with Crippen molar-refractivity contribution in [3.05, 3.63) is 47.4 Å². The number of nitrogen functional groups attached to an aromatic ring is 1. The number of pyridine rings is 1. The van der Waals surface area contributed by atoms with Crippen LogP contribution in [0, 0.1) is 12.7 Å². The molecule has 1 aromatic heterocycles. The van der Waals surface area contributed by atoms with E-state index in [0.29, 0.717) is 5.82 Å². The summed E-state index contributed by atoms with van der Waals surface area (Å²) in [5.74, 6) is 0.304. The number of hydrogen-bond donors (Lipinski definition) is 1. The Morgan fingerprint density at radius 3 is 2.53 bits per heavy atom. The van der Waals surface area contributed by atoms with Crippen LogP contribution < -0.4 is 5.73 Å². The standard InChI is InChI=1S/C14H15FN2/c1-3-13-12(6-7-14(16)17-13)11-5-4-10(15)8-9(11)2/h4-8H,3H2,1-2H3,(H2,16,17). The van der Waals surface area contributed by atoms with E-state index in [9.17, 15) is 4.39 Å². The maximum absolute atomic E-state index is 13.1. The summed E-state index contributed by atoms with van der Waals surface area (Å²) >= 11 is 0. The Labute approximate surface area is 100 Å². The van der Waals surface area contributed by atoms with Crippen molar-refractivity contribution < 1.29 is 4.39 Å². The summed E-state index contributed by atoms with van der Waals surface area (Å²) in [5.41, 5.74) is 9.56. The second-order valence-electron chi connectivity index (χ2n) is 4.04. The van der Waals surface area contributed by atoms with E-state index in [0.717, 1.165) is 28.8 Å². The van der Waals surface area contributed by atoms with Crippen molar-refractivity contribution >= 4 is 5.82 Å². The second-order valence-corrected chi connectivity index (χ2v) is 4.04. The molecule has 88 valence electrons. The van der Waals surface area contributed by atoms with Gasteiger partial charge in [0.05, 0.1) is 5.69 Å². The summed E-state index contributed by atoms with van der Waals surface area (Å²) in [6, 6.07) is 8.51. The molecule has 0 unspecified atom stereocenters. The Bertz CT molecular complexity index is 550. The molecule has 2 nitrogen and oxygen atoms in total. The van der Waals surface area contributed by atoms with Crippen molar-refractivity contribution in [2.24, 2.45) is 0 Å². The zero-order valence-corrected chi connectivity index (χ0v) is 10.00. The molecule has 0 amide bonds. The second kappa shape index (κ2) is 4.53. The molecule has 17 heavy (non-hydrogen) atoms. The topological polar surface area (TPSA) is 38.9 Å². The molecule has 0 saturated carbocycles. The summed E-state index contributed by atoms with van der Waals surface area (Å²) in [4.78, 5) is 4.32. The Kier molecular flexibility index (Phi) is 3.09. The van der Waals surface area contributed by atoms with Crippen molar-refractivity contribution in [1.82, 2.24) is 4.98 Å². The molecule has 2 aromatic rings. The number of halogens is 1. The minimum Gasteiger partial charge on any atom is -0.384 e. The van der Waals surface area contributed by atoms with Crippen LogP contribution in [0.5, 0.6) is 0 Å². The molecule has 0 spiro atoms. The number of hydrogen-bond acceptors (Lipinski definition) is 2. The quantitative estimate of drug-likeness (QED) is 0.859. The Balaban J connectivity index is 2.60. The van der Waals surface area contributed by atoms with Gasteiger partial charge in [-0.3, -0.25) is 0 Å². The van der Waals surface area contributed by atoms with Gasteiger partial charge in [0.2, 0.25) is 0 Å². The molecule has 0 aliphatic heterocycles. The third kappa shape index (κ3) is 2.28. The smallest absolute Gasteiger partial charge is 0.123 e. The highest BCUT2D eigenvalue weighted by Crippen LogP contribution is 2.27. The van der Waals surface area contributed by atoms with Gasteiger partial charge < -0.3 is 5.73 Å². The molecular weight excluding hydrogens is 215 g/mol. The van der Waals surface area contributed by atoms with Crippen LogP contribution in [0.1, 0.15) is 18.2 Å². The van der Waals surface area contributed by atoms with E-state index in [1.54, 1.807) is 12.1 Å². The van der Waals surface area contributed by atoms with E-state index >= 15 is 0 Å². The van der Waals surface area contributed by atoms with E-state index in [-0.39, 0.29) is 5.82 Å². The zero-order valence-electron chi connectivity index (χ0n) is 10.00. The van der Waals surface area contributed by atoms with Gasteiger partial charge in [-0.1, -0.05) is 13.0 Å². The first-order valence-electron chi connectivity index (χ1n) is 5.63. The fourth-order valence-corrected chi connectivity index (χ4v) is 1.96. The van der Waals surface area contributed by atoms with Crippen LogP contribution in [0.4, 0.5) is 10.2 Å². The molecule has 2 rings (SSSR count). The van der Waals surface area contributed by atoms with Crippen molar-refractivity contribution in [2.75, 3.05) is 5.73 Å². The lowest BCUT2D eigenvalue weighted by Gasteiger charge is -2.10. The molecule has 0 saturated heterocycles. The third-order valence-electron chi connectivity index (χ3n) is 2.81. The monoisotopic (exact) mass is 230 g/mol. The predicted octanol–water partition coefficient (Wildman–Crippen LogP) is 3.34. The van der Waals surface area contributed by atoms with Gasteiger partial charge in [0, 0.05) is 5.56 Å². The average molecular weight is 230 g/mol. The van der Waals surface area contributed by atoms with Gasteiger partial charge in [-0.2, -0.15) is 0 Å². The van der Waals surface area contributed by atoms with Crippen LogP contribution in [0.25, 0.3) is 11.1 Å². The highest BCUT2D eigenvalue weighted by molar-refractivity contribution is 5.70. The van der Waals surface area contributed by atoms with Crippen molar-refractivity contribution in [3.63, 3.8) is 0 Å². The van der Waals surface area contributed by atoms with Crippen LogP contribution in [-0.4, -0.2) is 4.98 Å². The van der Waals surface area contributed by atoms with Gasteiger partial charge >= 0.3 is 0 Å². The lowest BCUT2D eigenvalue weighted by Crippen LogP contribution is -1.98. The predicted molar refractivity (Wildman–Crippen MR) is 68.2 cm³/mol. The first kappa shape index (κ1) is 11.6. The highest BCUT2D eigenvalue weighted by Gasteiger charge is 2.08. The highest BCUT2D eigenvalue weighted by atomic mass is 19.1. The zero-order chi connectivity index (χ0) is 12.4. The molecule has 0 bridgehead atoms. The molecule has 3 heteroatoms. The number of aromatic nitrogens is 1. The van der Waals surface area contributed by atoms with Crippen LogP contribution >= 0.6 is 0 Å². The van der Waals surface area contributed by atoms with E-state index in [1.807, 2.05) is 19.9 Å². The Morgan fingerprint density at radius 2 is 1.88 bits per heavy atom. The first-order chi connectivity index (χ1) is 8.11. The minimum absolute atomic E-state index is 0.215. The maximum Gasteiger partial charge on any atom is 0.123 e.